The molecule has 11 heavy (non-hydrogen) atoms. The van der Waals surface area contributed by atoms with Gasteiger partial charge >= 0.3 is 0 Å². The summed E-state index contributed by atoms with van der Waals surface area (Å²) < 4.78 is 0. The first-order valence-electron chi connectivity index (χ1n) is 4.56. The fourth-order valence-electron chi connectivity index (χ4n) is 1.38. The van der Waals surface area contributed by atoms with Crippen LogP contribution in [0.15, 0.2) is 4.99 Å². The molecule has 0 aromatic carbocycles. The first kappa shape index (κ1) is 8.57. The number of nitrogens with two attached hydrogens (primary N) is 1. The van der Waals surface area contributed by atoms with Crippen LogP contribution in [0.5, 0.6) is 0 Å². The second-order valence-electron chi connectivity index (χ2n) is 3.35. The van der Waals surface area contributed by atoms with Gasteiger partial charge in [-0.2, -0.15) is 0 Å². The number of aliphatic imine (C=N–C) groups is 1. The Kier molecular flexibility index (Phi) is 2.92. The Morgan fingerprint density at radius 3 is 2.64 bits per heavy atom. The number of rotatable bonds is 4. The summed E-state index contributed by atoms with van der Waals surface area (Å²) in [5.41, 5.74) is 5.59. The minimum atomic E-state index is 0.812. The maximum absolute atomic E-state index is 5.59. The molecule has 0 unspecified atom stereocenters. The summed E-state index contributed by atoms with van der Waals surface area (Å²) in [7, 11) is 0. The van der Waals surface area contributed by atoms with Crippen LogP contribution < -0.4 is 5.73 Å². The lowest BCUT2D eigenvalue weighted by Gasteiger charge is -1.95. The zero-order valence-electron chi connectivity index (χ0n) is 7.51. The maximum Gasteiger partial charge on any atom is 0.0934 e. The van der Waals surface area contributed by atoms with Gasteiger partial charge in [-0.25, -0.2) is 0 Å². The monoisotopic (exact) mass is 154 g/mol. The molecule has 2 heteroatoms. The minimum absolute atomic E-state index is 0.812. The van der Waals surface area contributed by atoms with Crippen molar-refractivity contribution in [3.63, 3.8) is 0 Å². The quantitative estimate of drug-likeness (QED) is 0.486. The average Bonchev–Trinajstić information content (AvgIpc) is 2.78. The van der Waals surface area contributed by atoms with Gasteiger partial charge in [0.15, 0.2) is 0 Å². The summed E-state index contributed by atoms with van der Waals surface area (Å²) in [6.07, 6.45) is 3.58. The standard InChI is InChI=1S/C9H18N2/c1-3-7-5-8(7)6-11-9(10)4-2/h7-8H,3-6H2,1-2H3,(H2,10,11)/t7-,8+/m1/s1. The van der Waals surface area contributed by atoms with Crippen LogP contribution in [0.4, 0.5) is 0 Å². The van der Waals surface area contributed by atoms with Crippen molar-refractivity contribution in [2.45, 2.75) is 33.1 Å². The highest BCUT2D eigenvalue weighted by molar-refractivity contribution is 5.79. The van der Waals surface area contributed by atoms with Gasteiger partial charge in [0.05, 0.1) is 5.84 Å². The van der Waals surface area contributed by atoms with Crippen LogP contribution in [0.25, 0.3) is 0 Å². The molecule has 0 aliphatic heterocycles. The second-order valence-corrected chi connectivity index (χ2v) is 3.35. The van der Waals surface area contributed by atoms with Gasteiger partial charge in [-0.1, -0.05) is 20.3 Å². The highest BCUT2D eigenvalue weighted by Gasteiger charge is 2.34. The van der Waals surface area contributed by atoms with E-state index in [4.69, 9.17) is 5.73 Å². The van der Waals surface area contributed by atoms with E-state index in [0.29, 0.717) is 0 Å². The summed E-state index contributed by atoms with van der Waals surface area (Å²) >= 11 is 0. The van der Waals surface area contributed by atoms with Crippen LogP contribution in [-0.2, 0) is 0 Å². The van der Waals surface area contributed by atoms with E-state index in [1.54, 1.807) is 0 Å². The van der Waals surface area contributed by atoms with Crippen LogP contribution >= 0.6 is 0 Å². The molecule has 0 spiro atoms. The summed E-state index contributed by atoms with van der Waals surface area (Å²) in [6, 6.07) is 0. The Morgan fingerprint density at radius 1 is 1.45 bits per heavy atom. The van der Waals surface area contributed by atoms with Crippen molar-refractivity contribution in [1.29, 1.82) is 0 Å². The van der Waals surface area contributed by atoms with Crippen LogP contribution in [-0.4, -0.2) is 12.4 Å². The van der Waals surface area contributed by atoms with Gasteiger partial charge in [-0.15, -0.1) is 0 Å². The Labute approximate surface area is 68.9 Å². The predicted molar refractivity (Wildman–Crippen MR) is 48.7 cm³/mol. The topological polar surface area (TPSA) is 38.4 Å². The predicted octanol–water partition coefficient (Wildman–Crippen LogP) is 1.80. The van der Waals surface area contributed by atoms with Crippen LogP contribution in [0.2, 0.25) is 0 Å². The van der Waals surface area contributed by atoms with E-state index in [0.717, 1.165) is 30.6 Å². The molecule has 1 aliphatic carbocycles. The molecule has 2 N–H and O–H groups in total. The molecule has 1 rings (SSSR count). The number of nitrogens with zero attached hydrogens (tertiary/aromatic N) is 1. The molecule has 1 aliphatic rings. The molecule has 0 radical (unpaired) electrons. The molecule has 0 saturated heterocycles. The number of hydrogen-bond acceptors (Lipinski definition) is 1. The molecule has 0 aromatic rings. The normalized spacial score (nSPS) is 30.5. The van der Waals surface area contributed by atoms with E-state index in [-0.39, 0.29) is 0 Å². The Morgan fingerprint density at radius 2 is 2.18 bits per heavy atom. The van der Waals surface area contributed by atoms with E-state index in [1.807, 2.05) is 6.92 Å². The highest BCUT2D eigenvalue weighted by Crippen LogP contribution is 2.40. The van der Waals surface area contributed by atoms with Crippen molar-refractivity contribution < 1.29 is 0 Å². The second kappa shape index (κ2) is 3.74. The molecule has 0 heterocycles. The molecular formula is C9H18N2. The van der Waals surface area contributed by atoms with E-state index < -0.39 is 0 Å². The Balaban J connectivity index is 2.14. The van der Waals surface area contributed by atoms with Crippen LogP contribution in [0.3, 0.4) is 0 Å². The first-order chi connectivity index (χ1) is 5.27. The summed E-state index contributed by atoms with van der Waals surface area (Å²) in [4.78, 5) is 4.30. The van der Waals surface area contributed by atoms with Crippen molar-refractivity contribution in [2.75, 3.05) is 6.54 Å². The molecule has 1 saturated carbocycles. The third-order valence-corrected chi connectivity index (χ3v) is 2.48. The Bertz CT molecular complexity index is 152. The van der Waals surface area contributed by atoms with E-state index >= 15 is 0 Å². The lowest BCUT2D eigenvalue weighted by Crippen LogP contribution is -2.10. The van der Waals surface area contributed by atoms with Crippen LogP contribution in [0, 0.1) is 11.8 Å². The fraction of sp³-hybridized carbons (Fsp3) is 0.889. The maximum atomic E-state index is 5.59. The minimum Gasteiger partial charge on any atom is -0.387 e. The summed E-state index contributed by atoms with van der Waals surface area (Å²) in [6.45, 7) is 5.26. The van der Waals surface area contributed by atoms with Gasteiger partial charge in [0, 0.05) is 13.0 Å². The number of hydrogen-bond donors (Lipinski definition) is 1. The first-order valence-corrected chi connectivity index (χ1v) is 4.56. The smallest absolute Gasteiger partial charge is 0.0934 e. The largest absolute Gasteiger partial charge is 0.387 e. The molecule has 2 atom stereocenters. The molecule has 0 bridgehead atoms. The van der Waals surface area contributed by atoms with Gasteiger partial charge in [-0.3, -0.25) is 4.99 Å². The van der Waals surface area contributed by atoms with E-state index in [9.17, 15) is 0 Å². The van der Waals surface area contributed by atoms with Crippen molar-refractivity contribution in [1.82, 2.24) is 0 Å². The lowest BCUT2D eigenvalue weighted by molar-refractivity contribution is 0.687. The molecule has 2 nitrogen and oxygen atoms in total. The molecule has 64 valence electrons. The summed E-state index contributed by atoms with van der Waals surface area (Å²) in [5.74, 6) is 2.61. The fourth-order valence-corrected chi connectivity index (χ4v) is 1.38. The Hall–Kier alpha value is -0.530. The van der Waals surface area contributed by atoms with Gasteiger partial charge in [0.2, 0.25) is 0 Å². The van der Waals surface area contributed by atoms with Gasteiger partial charge in [0.1, 0.15) is 0 Å². The van der Waals surface area contributed by atoms with Gasteiger partial charge in [0.25, 0.3) is 0 Å². The van der Waals surface area contributed by atoms with Crippen molar-refractivity contribution in [3.8, 4) is 0 Å². The highest BCUT2D eigenvalue weighted by atomic mass is 14.9. The van der Waals surface area contributed by atoms with Crippen molar-refractivity contribution in [2.24, 2.45) is 22.6 Å². The lowest BCUT2D eigenvalue weighted by atomic mass is 10.2. The third-order valence-electron chi connectivity index (χ3n) is 2.48. The third kappa shape index (κ3) is 2.52. The molecule has 1 fully saturated rings. The van der Waals surface area contributed by atoms with Crippen LogP contribution in [0.1, 0.15) is 33.1 Å². The summed E-state index contributed by atoms with van der Waals surface area (Å²) in [5, 5.41) is 0. The zero-order valence-corrected chi connectivity index (χ0v) is 7.51. The van der Waals surface area contributed by atoms with Crippen molar-refractivity contribution in [3.05, 3.63) is 0 Å². The zero-order chi connectivity index (χ0) is 8.27. The van der Waals surface area contributed by atoms with E-state index in [2.05, 4.69) is 11.9 Å². The van der Waals surface area contributed by atoms with E-state index in [1.165, 1.54) is 12.8 Å². The number of amidine groups is 1. The average molecular weight is 154 g/mol. The van der Waals surface area contributed by atoms with Gasteiger partial charge < -0.3 is 5.73 Å². The molecular weight excluding hydrogens is 136 g/mol. The molecule has 0 amide bonds. The molecule has 0 aromatic heterocycles. The van der Waals surface area contributed by atoms with Crippen molar-refractivity contribution >= 4 is 5.84 Å². The SMILES string of the molecule is CCC(N)=NC[C@@H]1C[C@H]1CC. The van der Waals surface area contributed by atoms with Gasteiger partial charge in [-0.05, 0) is 18.3 Å².